The zero-order valence-corrected chi connectivity index (χ0v) is 12.4. The molecule has 0 saturated heterocycles. The summed E-state index contributed by atoms with van der Waals surface area (Å²) in [5.41, 5.74) is 6.64. The predicted molar refractivity (Wildman–Crippen MR) is 78.3 cm³/mol. The molecule has 18 heavy (non-hydrogen) atoms. The molecule has 0 aliphatic rings. The van der Waals surface area contributed by atoms with Crippen molar-refractivity contribution in [2.45, 2.75) is 38.7 Å². The van der Waals surface area contributed by atoms with Gasteiger partial charge in [-0.15, -0.1) is 0 Å². The lowest BCUT2D eigenvalue weighted by molar-refractivity contribution is 0.129. The normalized spacial score (nSPS) is 14.8. The van der Waals surface area contributed by atoms with Gasteiger partial charge in [-0.05, 0) is 36.5 Å². The Kier molecular flexibility index (Phi) is 6.44. The fourth-order valence-corrected chi connectivity index (χ4v) is 2.55. The zero-order chi connectivity index (χ0) is 13.7. The largest absolute Gasteiger partial charge is 0.392 e. The quantitative estimate of drug-likeness (QED) is 0.836. The van der Waals surface area contributed by atoms with Crippen molar-refractivity contribution < 1.29 is 5.11 Å². The van der Waals surface area contributed by atoms with Gasteiger partial charge in [0.2, 0.25) is 0 Å². The van der Waals surface area contributed by atoms with Crippen LogP contribution in [-0.4, -0.2) is 17.8 Å². The highest BCUT2D eigenvalue weighted by Gasteiger charge is 2.22. The van der Waals surface area contributed by atoms with Crippen LogP contribution in [0.1, 0.15) is 38.2 Å². The molecule has 1 aromatic carbocycles. The molecule has 0 amide bonds. The van der Waals surface area contributed by atoms with Crippen LogP contribution >= 0.6 is 23.2 Å². The number of benzene rings is 1. The van der Waals surface area contributed by atoms with E-state index < -0.39 is 6.10 Å². The molecule has 0 radical (unpaired) electrons. The van der Waals surface area contributed by atoms with Crippen molar-refractivity contribution in [3.8, 4) is 0 Å². The van der Waals surface area contributed by atoms with Crippen LogP contribution in [0, 0.1) is 5.92 Å². The summed E-state index contributed by atoms with van der Waals surface area (Å²) < 4.78 is 0. The Morgan fingerprint density at radius 1 is 1.22 bits per heavy atom. The summed E-state index contributed by atoms with van der Waals surface area (Å²) in [4.78, 5) is 0. The molecule has 0 aromatic heterocycles. The van der Waals surface area contributed by atoms with E-state index in [0.29, 0.717) is 22.5 Å². The van der Waals surface area contributed by atoms with Crippen molar-refractivity contribution in [1.29, 1.82) is 0 Å². The second-order valence-electron chi connectivity index (χ2n) is 5.05. The topological polar surface area (TPSA) is 46.2 Å². The fourth-order valence-electron chi connectivity index (χ4n) is 2.00. The van der Waals surface area contributed by atoms with Crippen molar-refractivity contribution in [2.75, 3.05) is 6.54 Å². The SMILES string of the molecule is CC(C)CCC(O)C(CN)c1ccc(Cl)cc1Cl. The monoisotopic (exact) mass is 289 g/mol. The maximum Gasteiger partial charge on any atom is 0.0621 e. The number of hydrogen-bond donors (Lipinski definition) is 2. The molecule has 102 valence electrons. The van der Waals surface area contributed by atoms with E-state index in [4.69, 9.17) is 28.9 Å². The van der Waals surface area contributed by atoms with Crippen LogP contribution in [0.4, 0.5) is 0 Å². The molecule has 0 heterocycles. The maximum atomic E-state index is 10.2. The van der Waals surface area contributed by atoms with Gasteiger partial charge in [0, 0.05) is 22.5 Å². The highest BCUT2D eigenvalue weighted by Crippen LogP contribution is 2.30. The van der Waals surface area contributed by atoms with E-state index in [1.807, 2.05) is 6.07 Å². The van der Waals surface area contributed by atoms with E-state index >= 15 is 0 Å². The van der Waals surface area contributed by atoms with Gasteiger partial charge in [-0.2, -0.15) is 0 Å². The third-order valence-electron chi connectivity index (χ3n) is 3.12. The van der Waals surface area contributed by atoms with E-state index in [1.165, 1.54) is 0 Å². The second kappa shape index (κ2) is 7.34. The van der Waals surface area contributed by atoms with Gasteiger partial charge in [0.25, 0.3) is 0 Å². The van der Waals surface area contributed by atoms with Gasteiger partial charge in [0.1, 0.15) is 0 Å². The van der Waals surface area contributed by atoms with Crippen LogP contribution in [0.2, 0.25) is 10.0 Å². The Bertz CT molecular complexity index is 382. The average Bonchev–Trinajstić information content (AvgIpc) is 2.30. The second-order valence-corrected chi connectivity index (χ2v) is 5.89. The number of aliphatic hydroxyl groups excluding tert-OH is 1. The standard InChI is InChI=1S/C14H21Cl2NO/c1-9(2)3-6-14(18)12(8-17)11-5-4-10(15)7-13(11)16/h4-5,7,9,12,14,18H,3,6,8,17H2,1-2H3. The number of nitrogens with two attached hydrogens (primary N) is 1. The summed E-state index contributed by atoms with van der Waals surface area (Å²) >= 11 is 12.0. The highest BCUT2D eigenvalue weighted by molar-refractivity contribution is 6.35. The van der Waals surface area contributed by atoms with Gasteiger partial charge in [0.05, 0.1) is 6.10 Å². The third-order valence-corrected chi connectivity index (χ3v) is 3.68. The fraction of sp³-hybridized carbons (Fsp3) is 0.571. The molecule has 1 aromatic rings. The Hall–Kier alpha value is -0.280. The van der Waals surface area contributed by atoms with Crippen molar-refractivity contribution in [2.24, 2.45) is 11.7 Å². The molecule has 0 aliphatic heterocycles. The van der Waals surface area contributed by atoms with E-state index in [1.54, 1.807) is 12.1 Å². The summed E-state index contributed by atoms with van der Waals surface area (Å²) in [7, 11) is 0. The van der Waals surface area contributed by atoms with E-state index in [-0.39, 0.29) is 5.92 Å². The van der Waals surface area contributed by atoms with Gasteiger partial charge < -0.3 is 10.8 Å². The van der Waals surface area contributed by atoms with Crippen molar-refractivity contribution in [3.63, 3.8) is 0 Å². The minimum Gasteiger partial charge on any atom is -0.392 e. The van der Waals surface area contributed by atoms with Crippen LogP contribution in [0.5, 0.6) is 0 Å². The van der Waals surface area contributed by atoms with Crippen molar-refractivity contribution >= 4 is 23.2 Å². The summed E-state index contributed by atoms with van der Waals surface area (Å²) in [6, 6.07) is 5.32. The molecule has 0 spiro atoms. The Morgan fingerprint density at radius 2 is 1.89 bits per heavy atom. The van der Waals surface area contributed by atoms with Crippen molar-refractivity contribution in [1.82, 2.24) is 0 Å². The molecule has 3 N–H and O–H groups in total. The minimum atomic E-state index is -0.462. The van der Waals surface area contributed by atoms with Crippen LogP contribution in [-0.2, 0) is 0 Å². The third kappa shape index (κ3) is 4.43. The molecule has 0 fully saturated rings. The smallest absolute Gasteiger partial charge is 0.0621 e. The number of rotatable bonds is 6. The van der Waals surface area contributed by atoms with Gasteiger partial charge >= 0.3 is 0 Å². The average molecular weight is 290 g/mol. The highest BCUT2D eigenvalue weighted by atomic mass is 35.5. The van der Waals surface area contributed by atoms with E-state index in [2.05, 4.69) is 13.8 Å². The zero-order valence-electron chi connectivity index (χ0n) is 10.9. The van der Waals surface area contributed by atoms with Gasteiger partial charge in [-0.3, -0.25) is 0 Å². The first kappa shape index (κ1) is 15.8. The Morgan fingerprint density at radius 3 is 2.39 bits per heavy atom. The molecule has 4 heteroatoms. The molecule has 0 bridgehead atoms. The molecule has 2 nitrogen and oxygen atoms in total. The molecule has 0 saturated carbocycles. The molecular formula is C14H21Cl2NO. The summed E-state index contributed by atoms with van der Waals surface area (Å²) in [5.74, 6) is 0.437. The van der Waals surface area contributed by atoms with Crippen LogP contribution in [0.25, 0.3) is 0 Å². The lowest BCUT2D eigenvalue weighted by atomic mass is 9.89. The lowest BCUT2D eigenvalue weighted by Gasteiger charge is -2.23. The van der Waals surface area contributed by atoms with Crippen LogP contribution < -0.4 is 5.73 Å². The molecule has 2 atom stereocenters. The molecule has 2 unspecified atom stereocenters. The first-order chi connectivity index (χ1) is 8.45. The van der Waals surface area contributed by atoms with Gasteiger partial charge in [-0.25, -0.2) is 0 Å². The predicted octanol–water partition coefficient (Wildman–Crippen LogP) is 3.83. The van der Waals surface area contributed by atoms with E-state index in [9.17, 15) is 5.11 Å². The molecule has 1 rings (SSSR count). The molecular weight excluding hydrogens is 269 g/mol. The summed E-state index contributed by atoms with van der Waals surface area (Å²) in [6.07, 6.45) is 1.25. The number of hydrogen-bond acceptors (Lipinski definition) is 2. The van der Waals surface area contributed by atoms with E-state index in [0.717, 1.165) is 18.4 Å². The lowest BCUT2D eigenvalue weighted by Crippen LogP contribution is -2.26. The Labute approximate surface area is 119 Å². The summed E-state index contributed by atoms with van der Waals surface area (Å²) in [6.45, 7) is 4.65. The minimum absolute atomic E-state index is 0.131. The Balaban J connectivity index is 2.81. The number of halogens is 2. The maximum absolute atomic E-state index is 10.2. The first-order valence-corrected chi connectivity index (χ1v) is 7.04. The number of aliphatic hydroxyl groups is 1. The summed E-state index contributed by atoms with van der Waals surface area (Å²) in [5, 5.41) is 11.4. The van der Waals surface area contributed by atoms with Crippen LogP contribution in [0.3, 0.4) is 0 Å². The molecule has 0 aliphatic carbocycles. The van der Waals surface area contributed by atoms with Crippen LogP contribution in [0.15, 0.2) is 18.2 Å². The van der Waals surface area contributed by atoms with Crippen molar-refractivity contribution in [3.05, 3.63) is 33.8 Å². The van der Waals surface area contributed by atoms with Gasteiger partial charge in [-0.1, -0.05) is 43.1 Å². The van der Waals surface area contributed by atoms with Gasteiger partial charge in [0.15, 0.2) is 0 Å². The first-order valence-electron chi connectivity index (χ1n) is 6.28.